The van der Waals surface area contributed by atoms with Gasteiger partial charge in [-0.05, 0) is 31.2 Å². The molecule has 0 saturated carbocycles. The van der Waals surface area contributed by atoms with E-state index in [1.807, 2.05) is 13.0 Å². The Bertz CT molecular complexity index is 801. The molecule has 6 heteroatoms. The number of sulfonamides is 1. The normalized spacial score (nSPS) is 17.6. The number of aryl methyl sites for hydroxylation is 1. The first-order valence-corrected chi connectivity index (χ1v) is 8.74. The molecule has 0 saturated heterocycles. The predicted molar refractivity (Wildman–Crippen MR) is 85.9 cm³/mol. The van der Waals surface area contributed by atoms with Crippen molar-refractivity contribution in [1.82, 2.24) is 4.98 Å². The lowest BCUT2D eigenvalue weighted by Crippen LogP contribution is -2.29. The van der Waals surface area contributed by atoms with E-state index in [-0.39, 0.29) is 9.72 Å². The fraction of sp³-hybridized carbons (Fsp3) is 0.133. The van der Waals surface area contributed by atoms with Gasteiger partial charge in [0.05, 0.1) is 9.72 Å². The molecule has 0 spiro atoms. The molecule has 4 nitrogen and oxygen atoms in total. The van der Waals surface area contributed by atoms with Gasteiger partial charge >= 0.3 is 0 Å². The first-order chi connectivity index (χ1) is 10.00. The van der Waals surface area contributed by atoms with Gasteiger partial charge in [0.2, 0.25) is 0 Å². The number of halogens is 1. The van der Waals surface area contributed by atoms with Crippen molar-refractivity contribution >= 4 is 31.8 Å². The van der Waals surface area contributed by atoms with E-state index in [4.69, 9.17) is 0 Å². The van der Waals surface area contributed by atoms with Crippen LogP contribution in [0.1, 0.15) is 16.0 Å². The number of allylic oxidation sites excluding steroid dienone is 1. The maximum Gasteiger partial charge on any atom is 0.269 e. The zero-order chi connectivity index (χ0) is 15.0. The van der Waals surface area contributed by atoms with E-state index in [2.05, 4.69) is 20.9 Å². The highest BCUT2D eigenvalue weighted by atomic mass is 79.9. The number of aromatic nitrogens is 1. The number of rotatable bonds is 2. The van der Waals surface area contributed by atoms with Crippen molar-refractivity contribution < 1.29 is 8.42 Å². The Morgan fingerprint density at radius 3 is 2.62 bits per heavy atom. The zero-order valence-corrected chi connectivity index (χ0v) is 13.7. The second-order valence-electron chi connectivity index (χ2n) is 4.77. The largest absolute Gasteiger partial charge is 0.269 e. The summed E-state index contributed by atoms with van der Waals surface area (Å²) < 4.78 is 26.8. The number of alkyl halides is 1. The number of nitrogens with zero attached hydrogens (tertiary/aromatic N) is 2. The van der Waals surface area contributed by atoms with Gasteiger partial charge in [-0.3, -0.25) is 0 Å². The summed E-state index contributed by atoms with van der Waals surface area (Å²) in [5, 5.41) is 0. The summed E-state index contributed by atoms with van der Waals surface area (Å²) in [5.41, 5.74) is 1.85. The standard InChI is InChI=1S/C15H13BrN2O2S/c1-11-4-6-12(7-5-11)21(19,20)18-10-8-14(16)13-3-2-9-17-15(13)18/h2-10,14H,1H3. The van der Waals surface area contributed by atoms with Crippen LogP contribution in [0.25, 0.3) is 0 Å². The Kier molecular flexibility index (Phi) is 3.59. The van der Waals surface area contributed by atoms with E-state index in [1.54, 1.807) is 48.8 Å². The molecule has 108 valence electrons. The molecular weight excluding hydrogens is 352 g/mol. The number of pyridine rings is 1. The van der Waals surface area contributed by atoms with Gasteiger partial charge in [-0.1, -0.05) is 39.7 Å². The maximum absolute atomic E-state index is 12.8. The minimum Gasteiger partial charge on any atom is -0.238 e. The van der Waals surface area contributed by atoms with Crippen molar-refractivity contribution in [2.75, 3.05) is 4.31 Å². The van der Waals surface area contributed by atoms with E-state index in [0.29, 0.717) is 5.82 Å². The first-order valence-electron chi connectivity index (χ1n) is 6.38. The van der Waals surface area contributed by atoms with Crippen LogP contribution in [-0.4, -0.2) is 13.4 Å². The van der Waals surface area contributed by atoms with Crippen LogP contribution >= 0.6 is 15.9 Å². The van der Waals surface area contributed by atoms with Crippen LogP contribution < -0.4 is 4.31 Å². The minimum absolute atomic E-state index is 0.0364. The maximum atomic E-state index is 12.8. The summed E-state index contributed by atoms with van der Waals surface area (Å²) in [6.45, 7) is 1.92. The molecule has 1 aromatic heterocycles. The van der Waals surface area contributed by atoms with Crippen LogP contribution in [0.2, 0.25) is 0 Å². The molecule has 0 amide bonds. The molecule has 3 rings (SSSR count). The molecule has 1 aromatic carbocycles. The summed E-state index contributed by atoms with van der Waals surface area (Å²) in [6, 6.07) is 10.5. The summed E-state index contributed by atoms with van der Waals surface area (Å²) in [5.74, 6) is 0.433. The first kappa shape index (κ1) is 14.3. The molecule has 21 heavy (non-hydrogen) atoms. The fourth-order valence-corrected chi connectivity index (χ4v) is 3.97. The Morgan fingerprint density at radius 2 is 1.90 bits per heavy atom. The Labute approximate surface area is 132 Å². The van der Waals surface area contributed by atoms with Gasteiger partial charge in [-0.15, -0.1) is 0 Å². The van der Waals surface area contributed by atoms with Gasteiger partial charge in [0.15, 0.2) is 5.82 Å². The molecule has 0 fully saturated rings. The lowest BCUT2D eigenvalue weighted by molar-refractivity contribution is 0.595. The number of hydrogen-bond acceptors (Lipinski definition) is 3. The molecule has 2 aromatic rings. The van der Waals surface area contributed by atoms with Gasteiger partial charge in [-0.2, -0.15) is 0 Å². The minimum atomic E-state index is -3.65. The predicted octanol–water partition coefficient (Wildman–Crippen LogP) is 3.55. The van der Waals surface area contributed by atoms with Crippen molar-refractivity contribution in [1.29, 1.82) is 0 Å². The zero-order valence-electron chi connectivity index (χ0n) is 11.3. The van der Waals surface area contributed by atoms with Crippen LogP contribution in [0.5, 0.6) is 0 Å². The third-order valence-electron chi connectivity index (χ3n) is 3.29. The highest BCUT2D eigenvalue weighted by Crippen LogP contribution is 2.37. The topological polar surface area (TPSA) is 50.3 Å². The summed E-state index contributed by atoms with van der Waals surface area (Å²) in [4.78, 5) is 4.44. The van der Waals surface area contributed by atoms with E-state index in [9.17, 15) is 8.42 Å². The van der Waals surface area contributed by atoms with Crippen LogP contribution in [0.15, 0.2) is 59.8 Å². The van der Waals surface area contributed by atoms with E-state index >= 15 is 0 Å². The third kappa shape index (κ3) is 2.49. The summed E-state index contributed by atoms with van der Waals surface area (Å²) in [6.07, 6.45) is 4.93. The second-order valence-corrected chi connectivity index (χ2v) is 7.57. The molecule has 0 radical (unpaired) electrons. The SMILES string of the molecule is Cc1ccc(S(=O)(=O)N2C=CC(Br)c3cccnc32)cc1. The smallest absolute Gasteiger partial charge is 0.238 e. The molecule has 1 atom stereocenters. The van der Waals surface area contributed by atoms with Gasteiger partial charge in [0.1, 0.15) is 0 Å². The van der Waals surface area contributed by atoms with Crippen molar-refractivity contribution in [3.05, 3.63) is 66.0 Å². The Morgan fingerprint density at radius 1 is 1.19 bits per heavy atom. The molecular formula is C15H13BrN2O2S. The van der Waals surface area contributed by atoms with E-state index in [1.165, 1.54) is 4.31 Å². The molecule has 1 unspecified atom stereocenters. The quantitative estimate of drug-likeness (QED) is 0.765. The van der Waals surface area contributed by atoms with Crippen molar-refractivity contribution in [2.45, 2.75) is 16.6 Å². The van der Waals surface area contributed by atoms with Gasteiger partial charge in [0.25, 0.3) is 10.0 Å². The van der Waals surface area contributed by atoms with Crippen LogP contribution in [0, 0.1) is 6.92 Å². The molecule has 0 bridgehead atoms. The Hall–Kier alpha value is -1.66. The van der Waals surface area contributed by atoms with Gasteiger partial charge in [0, 0.05) is 18.0 Å². The number of hydrogen-bond donors (Lipinski definition) is 0. The highest BCUT2D eigenvalue weighted by molar-refractivity contribution is 9.09. The van der Waals surface area contributed by atoms with Gasteiger partial charge < -0.3 is 0 Å². The molecule has 0 aliphatic carbocycles. The highest BCUT2D eigenvalue weighted by Gasteiger charge is 2.30. The molecule has 2 heterocycles. The molecule has 0 N–H and O–H groups in total. The lowest BCUT2D eigenvalue weighted by Gasteiger charge is -2.26. The average molecular weight is 365 g/mol. The summed E-state index contributed by atoms with van der Waals surface area (Å²) >= 11 is 3.50. The van der Waals surface area contributed by atoms with Crippen LogP contribution in [-0.2, 0) is 10.0 Å². The van der Waals surface area contributed by atoms with Crippen molar-refractivity contribution in [2.24, 2.45) is 0 Å². The number of fused-ring (bicyclic) bond motifs is 1. The van der Waals surface area contributed by atoms with Gasteiger partial charge in [-0.25, -0.2) is 17.7 Å². The summed E-state index contributed by atoms with van der Waals surface area (Å²) in [7, 11) is -3.65. The monoisotopic (exact) mass is 364 g/mol. The van der Waals surface area contributed by atoms with Crippen LogP contribution in [0.4, 0.5) is 5.82 Å². The second kappa shape index (κ2) is 5.27. The third-order valence-corrected chi connectivity index (χ3v) is 5.77. The Balaban J connectivity index is 2.12. The van der Waals surface area contributed by atoms with E-state index < -0.39 is 10.0 Å². The fourth-order valence-electron chi connectivity index (χ4n) is 2.15. The molecule has 1 aliphatic heterocycles. The van der Waals surface area contributed by atoms with Crippen molar-refractivity contribution in [3.63, 3.8) is 0 Å². The molecule has 1 aliphatic rings. The van der Waals surface area contributed by atoms with E-state index in [0.717, 1.165) is 11.1 Å². The number of benzene rings is 1. The van der Waals surface area contributed by atoms with Crippen molar-refractivity contribution in [3.8, 4) is 0 Å². The average Bonchev–Trinajstić information content (AvgIpc) is 2.48. The lowest BCUT2D eigenvalue weighted by atomic mass is 10.1. The number of anilines is 1. The van der Waals surface area contributed by atoms with Crippen LogP contribution in [0.3, 0.4) is 0 Å².